The Bertz CT molecular complexity index is 1430. The summed E-state index contributed by atoms with van der Waals surface area (Å²) in [6.45, 7) is 0.962. The number of amides is 1. The van der Waals surface area contributed by atoms with E-state index >= 15 is 0 Å². The van der Waals surface area contributed by atoms with Crippen molar-refractivity contribution in [1.82, 2.24) is 14.5 Å². The number of imidazole rings is 1. The van der Waals surface area contributed by atoms with Crippen molar-refractivity contribution in [3.63, 3.8) is 0 Å². The van der Waals surface area contributed by atoms with E-state index in [2.05, 4.69) is 9.97 Å². The zero-order valence-corrected chi connectivity index (χ0v) is 18.9. The van der Waals surface area contributed by atoms with E-state index in [1.807, 2.05) is 35.0 Å². The van der Waals surface area contributed by atoms with Crippen LogP contribution in [0, 0.1) is 11.6 Å². The number of aryl methyl sites for hydroxylation is 1. The molecule has 0 radical (unpaired) electrons. The van der Waals surface area contributed by atoms with Gasteiger partial charge in [0.1, 0.15) is 16.2 Å². The maximum absolute atomic E-state index is 14.3. The van der Waals surface area contributed by atoms with Gasteiger partial charge in [-0.2, -0.15) is 0 Å². The summed E-state index contributed by atoms with van der Waals surface area (Å²) in [6.07, 6.45) is 5.83. The summed E-state index contributed by atoms with van der Waals surface area (Å²) in [5, 5.41) is 1.49. The number of benzene rings is 2. The van der Waals surface area contributed by atoms with Gasteiger partial charge in [0.05, 0.1) is 16.0 Å². The minimum Gasteiger partial charge on any atom is -0.337 e. The molecule has 162 valence electrons. The van der Waals surface area contributed by atoms with Crippen LogP contribution in [0.1, 0.15) is 16.1 Å². The summed E-state index contributed by atoms with van der Waals surface area (Å²) in [5.41, 5.74) is 0.0428. The maximum atomic E-state index is 14.3. The van der Waals surface area contributed by atoms with Crippen molar-refractivity contribution in [3.8, 4) is 0 Å². The highest BCUT2D eigenvalue weighted by atomic mass is 35.5. The van der Waals surface area contributed by atoms with Gasteiger partial charge >= 0.3 is 0 Å². The Labute approximate surface area is 194 Å². The number of carbonyl (C=O) groups is 1. The minimum atomic E-state index is -0.756. The highest BCUT2D eigenvalue weighted by molar-refractivity contribution is 7.23. The summed E-state index contributed by atoms with van der Waals surface area (Å²) in [7, 11) is 0. The van der Waals surface area contributed by atoms with Crippen LogP contribution in [-0.4, -0.2) is 27.0 Å². The van der Waals surface area contributed by atoms with Crippen molar-refractivity contribution in [3.05, 3.63) is 76.7 Å². The van der Waals surface area contributed by atoms with Gasteiger partial charge in [0.15, 0.2) is 10.9 Å². The highest BCUT2D eigenvalue weighted by Crippen LogP contribution is 2.38. The molecule has 0 bridgehead atoms. The number of nitrogens with zero attached hydrogens (tertiary/aromatic N) is 4. The van der Waals surface area contributed by atoms with Crippen LogP contribution in [-0.2, 0) is 6.54 Å². The molecule has 5 rings (SSSR count). The third kappa shape index (κ3) is 3.87. The second-order valence-electron chi connectivity index (χ2n) is 7.08. The standard InChI is InChI=1S/C22H15ClF2N4OS2/c23-18-14-4-1-2-5-16(14)31-20(18)21(30)29(8-3-7-28-9-6-26-12-28)22-27-19-15(25)10-13(24)11-17(19)32-22/h1-2,4-6,9-12H,3,7-8H2. The topological polar surface area (TPSA) is 51.0 Å². The van der Waals surface area contributed by atoms with E-state index in [-0.39, 0.29) is 11.4 Å². The fraction of sp³-hybridized carbons (Fsp3) is 0.136. The van der Waals surface area contributed by atoms with Gasteiger partial charge in [-0.05, 0) is 18.6 Å². The minimum absolute atomic E-state index is 0.0428. The lowest BCUT2D eigenvalue weighted by Gasteiger charge is -2.19. The first-order valence-electron chi connectivity index (χ1n) is 9.71. The molecule has 0 aliphatic carbocycles. The number of hydrogen-bond acceptors (Lipinski definition) is 5. The van der Waals surface area contributed by atoms with Gasteiger partial charge in [-0.25, -0.2) is 18.7 Å². The van der Waals surface area contributed by atoms with Gasteiger partial charge in [-0.3, -0.25) is 9.69 Å². The van der Waals surface area contributed by atoms with Crippen LogP contribution >= 0.6 is 34.3 Å². The lowest BCUT2D eigenvalue weighted by molar-refractivity contribution is 0.0990. The molecule has 0 atom stereocenters. The second-order valence-corrected chi connectivity index (χ2v) is 9.52. The summed E-state index contributed by atoms with van der Waals surface area (Å²) in [4.78, 5) is 23.8. The molecule has 1 amide bonds. The number of thiophene rings is 1. The molecular formula is C22H15ClF2N4OS2. The van der Waals surface area contributed by atoms with E-state index in [4.69, 9.17) is 11.6 Å². The molecule has 3 aromatic heterocycles. The number of thiazole rings is 1. The number of rotatable bonds is 6. The zero-order chi connectivity index (χ0) is 22.2. The first-order chi connectivity index (χ1) is 15.5. The normalized spacial score (nSPS) is 11.5. The molecule has 0 spiro atoms. The van der Waals surface area contributed by atoms with Crippen molar-refractivity contribution < 1.29 is 13.6 Å². The van der Waals surface area contributed by atoms with Crippen LogP contribution in [0.5, 0.6) is 0 Å². The van der Waals surface area contributed by atoms with E-state index in [1.165, 1.54) is 22.3 Å². The van der Waals surface area contributed by atoms with Crippen LogP contribution in [0.15, 0.2) is 55.1 Å². The van der Waals surface area contributed by atoms with E-state index in [9.17, 15) is 13.6 Å². The maximum Gasteiger partial charge on any atom is 0.271 e. The van der Waals surface area contributed by atoms with Gasteiger partial charge in [0, 0.05) is 41.6 Å². The van der Waals surface area contributed by atoms with Crippen molar-refractivity contribution >= 4 is 65.6 Å². The average molecular weight is 489 g/mol. The Morgan fingerprint density at radius 2 is 2.00 bits per heavy atom. The number of hydrogen-bond donors (Lipinski definition) is 0. The summed E-state index contributed by atoms with van der Waals surface area (Å²) >= 11 is 8.92. The molecule has 3 heterocycles. The monoisotopic (exact) mass is 488 g/mol. The summed E-state index contributed by atoms with van der Waals surface area (Å²) in [5.74, 6) is -1.76. The van der Waals surface area contributed by atoms with Crippen LogP contribution < -0.4 is 4.90 Å². The molecular weight excluding hydrogens is 474 g/mol. The molecule has 0 unspecified atom stereocenters. The van der Waals surface area contributed by atoms with Gasteiger partial charge in [0.25, 0.3) is 5.91 Å². The molecule has 10 heteroatoms. The Morgan fingerprint density at radius 1 is 1.16 bits per heavy atom. The summed E-state index contributed by atoms with van der Waals surface area (Å²) < 4.78 is 31.1. The number of anilines is 1. The molecule has 0 fully saturated rings. The SMILES string of the molecule is O=C(c1sc2ccccc2c1Cl)N(CCCn1ccnc1)c1nc2c(F)cc(F)cc2s1. The average Bonchev–Trinajstić information content (AvgIpc) is 3.50. The number of halogens is 3. The molecule has 0 aliphatic rings. The Morgan fingerprint density at radius 3 is 2.78 bits per heavy atom. The van der Waals surface area contributed by atoms with Gasteiger partial charge < -0.3 is 4.57 Å². The van der Waals surface area contributed by atoms with E-state index in [0.717, 1.165) is 27.5 Å². The first kappa shape index (κ1) is 21.0. The van der Waals surface area contributed by atoms with Gasteiger partial charge in [0.2, 0.25) is 0 Å². The quantitative estimate of drug-likeness (QED) is 0.279. The van der Waals surface area contributed by atoms with Crippen LogP contribution in [0.2, 0.25) is 5.02 Å². The number of carbonyl (C=O) groups excluding carboxylic acids is 1. The fourth-order valence-corrected chi connectivity index (χ4v) is 5.94. The van der Waals surface area contributed by atoms with Crippen molar-refractivity contribution in [1.29, 1.82) is 0 Å². The molecule has 0 saturated heterocycles. The number of aromatic nitrogens is 3. The molecule has 2 aromatic carbocycles. The predicted octanol–water partition coefficient (Wildman–Crippen LogP) is 6.38. The van der Waals surface area contributed by atoms with Crippen LogP contribution in [0.4, 0.5) is 13.9 Å². The predicted molar refractivity (Wildman–Crippen MR) is 125 cm³/mol. The molecule has 32 heavy (non-hydrogen) atoms. The Balaban J connectivity index is 1.53. The van der Waals surface area contributed by atoms with Crippen molar-refractivity contribution in [2.75, 3.05) is 11.4 Å². The zero-order valence-electron chi connectivity index (χ0n) is 16.5. The molecule has 0 aliphatic heterocycles. The van der Waals surface area contributed by atoms with E-state index in [0.29, 0.717) is 39.2 Å². The van der Waals surface area contributed by atoms with E-state index < -0.39 is 11.6 Å². The van der Waals surface area contributed by atoms with Gasteiger partial charge in [-0.1, -0.05) is 41.1 Å². The fourth-order valence-electron chi connectivity index (χ4n) is 3.45. The molecule has 0 N–H and O–H groups in total. The highest BCUT2D eigenvalue weighted by Gasteiger charge is 2.26. The van der Waals surface area contributed by atoms with E-state index in [1.54, 1.807) is 12.5 Å². The lowest BCUT2D eigenvalue weighted by Crippen LogP contribution is -2.32. The number of fused-ring (bicyclic) bond motifs is 2. The second kappa shape index (κ2) is 8.57. The largest absolute Gasteiger partial charge is 0.337 e. The van der Waals surface area contributed by atoms with Crippen molar-refractivity contribution in [2.45, 2.75) is 13.0 Å². The summed E-state index contributed by atoms with van der Waals surface area (Å²) in [6, 6.07) is 9.53. The first-order valence-corrected chi connectivity index (χ1v) is 11.7. The third-order valence-corrected chi connectivity index (χ3v) is 7.65. The molecule has 5 nitrogen and oxygen atoms in total. The van der Waals surface area contributed by atoms with Crippen LogP contribution in [0.3, 0.4) is 0 Å². The smallest absolute Gasteiger partial charge is 0.271 e. The third-order valence-electron chi connectivity index (χ3n) is 4.96. The lowest BCUT2D eigenvalue weighted by atomic mass is 10.2. The van der Waals surface area contributed by atoms with Crippen LogP contribution in [0.25, 0.3) is 20.3 Å². The Hall–Kier alpha value is -2.88. The van der Waals surface area contributed by atoms with Crippen molar-refractivity contribution in [2.24, 2.45) is 0 Å². The Kier molecular flexibility index (Phi) is 5.62. The molecule has 5 aromatic rings. The van der Waals surface area contributed by atoms with Gasteiger partial charge in [-0.15, -0.1) is 11.3 Å². The molecule has 0 saturated carbocycles.